The summed E-state index contributed by atoms with van der Waals surface area (Å²) in [6.07, 6.45) is 0. The molecule has 2 aliphatic rings. The molecule has 8 heteroatoms. The first kappa shape index (κ1) is 19.5. The zero-order chi connectivity index (χ0) is 18.6. The van der Waals surface area contributed by atoms with E-state index in [4.69, 9.17) is 4.43 Å². The molecular formula is C16H27NO5SSi. The third kappa shape index (κ3) is 2.82. The molecule has 0 aromatic rings. The number of amides is 1. The third-order valence-corrected chi connectivity index (χ3v) is 7.54. The lowest BCUT2D eigenvalue weighted by Crippen LogP contribution is -2.77. The van der Waals surface area contributed by atoms with Crippen LogP contribution in [-0.2, 0) is 18.8 Å². The molecule has 2 fully saturated rings. The van der Waals surface area contributed by atoms with Crippen LogP contribution < -0.4 is 0 Å². The number of carboxylic acids is 1. The van der Waals surface area contributed by atoms with Crippen molar-refractivity contribution in [2.75, 3.05) is 0 Å². The Labute approximate surface area is 149 Å². The van der Waals surface area contributed by atoms with Crippen LogP contribution in [0.5, 0.6) is 0 Å². The summed E-state index contributed by atoms with van der Waals surface area (Å²) in [5.41, 5.74) is -1.05. The lowest BCUT2D eigenvalue weighted by atomic mass is 9.61. The number of aliphatic carboxylic acids is 1. The van der Waals surface area contributed by atoms with Crippen LogP contribution in [0.2, 0.25) is 13.1 Å². The van der Waals surface area contributed by atoms with Crippen LogP contribution >= 0.6 is 11.8 Å². The van der Waals surface area contributed by atoms with Crippen molar-refractivity contribution in [3.05, 3.63) is 0 Å². The standard InChI is InChI=1S/C16H27NO5SSi/c1-8-10-9(16(5,15(2,3)4)22-24(6)7)11(18)17(10)12(13(19)20)23-14(8)21/h8-10,12,24H,1-7H3,(H,19,20)/t8-,9-,10-,12?,16-/m1/s1. The van der Waals surface area contributed by atoms with E-state index < -0.39 is 43.9 Å². The van der Waals surface area contributed by atoms with Crippen molar-refractivity contribution in [1.29, 1.82) is 0 Å². The Morgan fingerprint density at radius 1 is 1.25 bits per heavy atom. The van der Waals surface area contributed by atoms with Gasteiger partial charge in [0.1, 0.15) is 0 Å². The minimum absolute atomic E-state index is 0.167. The summed E-state index contributed by atoms with van der Waals surface area (Å²) >= 11 is 0.738. The minimum atomic E-state index is -1.46. The maximum atomic E-state index is 12.9. The zero-order valence-electron chi connectivity index (χ0n) is 15.3. The van der Waals surface area contributed by atoms with Crippen molar-refractivity contribution in [3.63, 3.8) is 0 Å². The molecule has 2 aliphatic heterocycles. The minimum Gasteiger partial charge on any atom is -0.479 e. The van der Waals surface area contributed by atoms with Crippen LogP contribution in [0.3, 0.4) is 0 Å². The van der Waals surface area contributed by atoms with Gasteiger partial charge >= 0.3 is 5.97 Å². The van der Waals surface area contributed by atoms with Crippen molar-refractivity contribution in [2.24, 2.45) is 17.3 Å². The Hall–Kier alpha value is -0.863. The van der Waals surface area contributed by atoms with Crippen LogP contribution in [0.1, 0.15) is 34.6 Å². The second-order valence-electron chi connectivity index (χ2n) is 8.15. The summed E-state index contributed by atoms with van der Waals surface area (Å²) in [5, 5.41) is 8.10. The van der Waals surface area contributed by atoms with Gasteiger partial charge in [-0.1, -0.05) is 39.5 Å². The number of thioether (sulfide) groups is 1. The van der Waals surface area contributed by atoms with Crippen LogP contribution in [0, 0.1) is 17.3 Å². The molecule has 0 radical (unpaired) electrons. The molecule has 2 rings (SSSR count). The topological polar surface area (TPSA) is 83.9 Å². The fourth-order valence-corrected chi connectivity index (χ4v) is 6.20. The predicted octanol–water partition coefficient (Wildman–Crippen LogP) is 1.94. The summed E-state index contributed by atoms with van der Waals surface area (Å²) in [6, 6.07) is -0.413. The van der Waals surface area contributed by atoms with E-state index in [1.54, 1.807) is 6.92 Å². The number of hydrogen-bond donors (Lipinski definition) is 1. The van der Waals surface area contributed by atoms with Crippen LogP contribution in [0.4, 0.5) is 0 Å². The number of β-lactam (4-membered cyclic amide) rings is 1. The average molecular weight is 374 g/mol. The SMILES string of the molecule is C[C@H]1C(=O)SC(C(=O)O)N2C(=O)[C@H]([C@@](C)(O[SiH](C)C)C(C)(C)C)[C@@H]12. The van der Waals surface area contributed by atoms with E-state index in [9.17, 15) is 19.5 Å². The van der Waals surface area contributed by atoms with E-state index >= 15 is 0 Å². The number of carbonyl (C=O) groups excluding carboxylic acids is 2. The highest BCUT2D eigenvalue weighted by Crippen LogP contribution is 2.53. The fourth-order valence-electron chi connectivity index (χ4n) is 3.68. The second kappa shape index (κ2) is 6.14. The van der Waals surface area contributed by atoms with Crippen molar-refractivity contribution >= 4 is 37.8 Å². The van der Waals surface area contributed by atoms with E-state index in [1.807, 2.05) is 27.7 Å². The molecule has 6 nitrogen and oxygen atoms in total. The first-order valence-electron chi connectivity index (χ1n) is 8.26. The predicted molar refractivity (Wildman–Crippen MR) is 95.1 cm³/mol. The van der Waals surface area contributed by atoms with Gasteiger partial charge in [-0.25, -0.2) is 4.79 Å². The van der Waals surface area contributed by atoms with Gasteiger partial charge in [-0.05, 0) is 25.4 Å². The summed E-state index contributed by atoms with van der Waals surface area (Å²) in [4.78, 5) is 38.0. The molecule has 0 spiro atoms. The van der Waals surface area contributed by atoms with Gasteiger partial charge in [-0.2, -0.15) is 0 Å². The molecule has 0 aromatic carbocycles. The van der Waals surface area contributed by atoms with Gasteiger partial charge in [0.05, 0.1) is 17.6 Å². The number of nitrogens with zero attached hydrogens (tertiary/aromatic N) is 1. The molecular weight excluding hydrogens is 346 g/mol. The van der Waals surface area contributed by atoms with E-state index in [-0.39, 0.29) is 16.4 Å². The lowest BCUT2D eigenvalue weighted by Gasteiger charge is -2.62. The first-order chi connectivity index (χ1) is 10.8. The van der Waals surface area contributed by atoms with Crippen LogP contribution in [0.25, 0.3) is 0 Å². The quantitative estimate of drug-likeness (QED) is 0.599. The number of fused-ring (bicyclic) bond motifs is 1. The van der Waals surface area contributed by atoms with Gasteiger partial charge in [0.15, 0.2) is 19.5 Å². The highest BCUT2D eigenvalue weighted by atomic mass is 32.2. The van der Waals surface area contributed by atoms with Crippen LogP contribution in [-0.4, -0.2) is 53.1 Å². The maximum absolute atomic E-state index is 12.9. The van der Waals surface area contributed by atoms with E-state index in [0.717, 1.165) is 11.8 Å². The molecule has 0 saturated carbocycles. The first-order valence-corrected chi connectivity index (χ1v) is 11.9. The number of carbonyl (C=O) groups is 3. The largest absolute Gasteiger partial charge is 0.479 e. The van der Waals surface area contributed by atoms with Gasteiger partial charge < -0.3 is 14.4 Å². The molecule has 0 aliphatic carbocycles. The molecule has 24 heavy (non-hydrogen) atoms. The maximum Gasteiger partial charge on any atom is 0.337 e. The van der Waals surface area contributed by atoms with Crippen molar-refractivity contribution in [2.45, 2.75) is 64.7 Å². The molecule has 0 bridgehead atoms. The highest BCUT2D eigenvalue weighted by Gasteiger charge is 2.67. The Morgan fingerprint density at radius 3 is 2.21 bits per heavy atom. The zero-order valence-corrected chi connectivity index (χ0v) is 17.3. The number of carboxylic acid groups (broad SMARTS) is 1. The van der Waals surface area contributed by atoms with Crippen molar-refractivity contribution in [3.8, 4) is 0 Å². The summed E-state index contributed by atoms with van der Waals surface area (Å²) in [7, 11) is -1.46. The number of rotatable bonds is 4. The molecule has 136 valence electrons. The fraction of sp³-hybridized carbons (Fsp3) is 0.812. The highest BCUT2D eigenvalue weighted by molar-refractivity contribution is 8.14. The van der Waals surface area contributed by atoms with Gasteiger partial charge in [-0.3, -0.25) is 9.59 Å². The van der Waals surface area contributed by atoms with Crippen molar-refractivity contribution < 1.29 is 23.9 Å². The Kier molecular flexibility index (Phi) is 4.98. The molecule has 2 heterocycles. The Balaban J connectivity index is 2.45. The third-order valence-electron chi connectivity index (χ3n) is 5.32. The second-order valence-corrected chi connectivity index (χ2v) is 11.6. The molecule has 1 unspecified atom stereocenters. The van der Waals surface area contributed by atoms with E-state index in [2.05, 4.69) is 13.1 Å². The molecule has 0 aromatic heterocycles. The summed E-state index contributed by atoms with van der Waals surface area (Å²) in [6.45, 7) is 13.9. The normalized spacial score (nSPS) is 33.1. The Morgan fingerprint density at radius 2 is 1.79 bits per heavy atom. The van der Waals surface area contributed by atoms with Gasteiger partial charge in [-0.15, -0.1) is 0 Å². The van der Waals surface area contributed by atoms with Crippen LogP contribution in [0.15, 0.2) is 0 Å². The van der Waals surface area contributed by atoms with Gasteiger partial charge in [0.2, 0.25) is 5.91 Å². The molecule has 1 amide bonds. The average Bonchev–Trinajstić information content (AvgIpc) is 2.39. The lowest BCUT2D eigenvalue weighted by molar-refractivity contribution is -0.196. The number of hydrogen-bond acceptors (Lipinski definition) is 5. The Bertz CT molecular complexity index is 575. The molecule has 1 N–H and O–H groups in total. The van der Waals surface area contributed by atoms with Crippen molar-refractivity contribution in [1.82, 2.24) is 4.90 Å². The molecule has 5 atom stereocenters. The molecule has 2 saturated heterocycles. The smallest absolute Gasteiger partial charge is 0.337 e. The van der Waals surface area contributed by atoms with Gasteiger partial charge in [0.25, 0.3) is 0 Å². The summed E-state index contributed by atoms with van der Waals surface area (Å²) in [5.74, 6) is -2.25. The summed E-state index contributed by atoms with van der Waals surface area (Å²) < 4.78 is 6.33. The van der Waals surface area contributed by atoms with E-state index in [0.29, 0.717) is 0 Å². The monoisotopic (exact) mass is 373 g/mol. The van der Waals surface area contributed by atoms with Gasteiger partial charge in [0, 0.05) is 5.92 Å². The van der Waals surface area contributed by atoms with E-state index in [1.165, 1.54) is 4.90 Å².